The van der Waals surface area contributed by atoms with E-state index >= 15 is 0 Å². The van der Waals surface area contributed by atoms with Crippen molar-refractivity contribution in [3.05, 3.63) is 52.1 Å². The highest BCUT2D eigenvalue weighted by Gasteiger charge is 2.20. The molecule has 0 unspecified atom stereocenters. The zero-order valence-corrected chi connectivity index (χ0v) is 16.1. The minimum absolute atomic E-state index is 0.0379. The SMILES string of the molecule is CC/C(=C\c1cc(F)c(O)c(OC)c1F)C(=O)N=Cc1cc(F)c(O)c(OC)c1F. The number of aliphatic imine (C=N–C) groups is 1. The Morgan fingerprint density at radius 1 is 0.967 bits per heavy atom. The lowest BCUT2D eigenvalue weighted by atomic mass is 10.1. The van der Waals surface area contributed by atoms with Gasteiger partial charge in [0, 0.05) is 22.9 Å². The van der Waals surface area contributed by atoms with Gasteiger partial charge >= 0.3 is 0 Å². The summed E-state index contributed by atoms with van der Waals surface area (Å²) in [4.78, 5) is 15.8. The lowest BCUT2D eigenvalue weighted by Crippen LogP contribution is -2.02. The molecule has 6 nitrogen and oxygen atoms in total. The van der Waals surface area contributed by atoms with Crippen LogP contribution in [0.15, 0.2) is 22.7 Å². The molecule has 0 spiro atoms. The first kappa shape index (κ1) is 22.7. The second-order valence-electron chi connectivity index (χ2n) is 5.87. The summed E-state index contributed by atoms with van der Waals surface area (Å²) in [5.74, 6) is -9.09. The smallest absolute Gasteiger partial charge is 0.272 e. The van der Waals surface area contributed by atoms with E-state index in [1.807, 2.05) is 0 Å². The summed E-state index contributed by atoms with van der Waals surface area (Å²) < 4.78 is 65.2. The minimum Gasteiger partial charge on any atom is -0.502 e. The Hall–Kier alpha value is -3.56. The summed E-state index contributed by atoms with van der Waals surface area (Å²) in [5, 5.41) is 18.9. The van der Waals surface area contributed by atoms with Gasteiger partial charge in [0.2, 0.25) is 0 Å². The number of hydrogen-bond donors (Lipinski definition) is 2. The van der Waals surface area contributed by atoms with Crippen LogP contribution in [0.25, 0.3) is 6.08 Å². The number of carbonyl (C=O) groups is 1. The number of ether oxygens (including phenoxy) is 2. The molecular weight excluding hydrogens is 410 g/mol. The molecule has 2 rings (SSSR count). The molecule has 0 fully saturated rings. The molecule has 0 radical (unpaired) electrons. The van der Waals surface area contributed by atoms with Crippen molar-refractivity contribution in [2.24, 2.45) is 4.99 Å². The summed E-state index contributed by atoms with van der Waals surface area (Å²) in [6.45, 7) is 1.54. The summed E-state index contributed by atoms with van der Waals surface area (Å²) in [6.07, 6.45) is 1.74. The van der Waals surface area contributed by atoms with Crippen LogP contribution in [-0.4, -0.2) is 36.6 Å². The van der Waals surface area contributed by atoms with Crippen LogP contribution in [0.5, 0.6) is 23.0 Å². The average molecular weight is 427 g/mol. The average Bonchev–Trinajstić information content (AvgIpc) is 2.72. The summed E-state index contributed by atoms with van der Waals surface area (Å²) in [6, 6.07) is 1.28. The van der Waals surface area contributed by atoms with E-state index in [4.69, 9.17) is 0 Å². The van der Waals surface area contributed by atoms with Crippen molar-refractivity contribution in [1.82, 2.24) is 0 Å². The van der Waals surface area contributed by atoms with Crippen LogP contribution in [0, 0.1) is 23.3 Å². The van der Waals surface area contributed by atoms with Crippen LogP contribution in [0.2, 0.25) is 0 Å². The number of methoxy groups -OCH3 is 2. The molecular formula is C20H17F4NO5. The van der Waals surface area contributed by atoms with Crippen LogP contribution in [0.4, 0.5) is 17.6 Å². The van der Waals surface area contributed by atoms with Gasteiger partial charge in [-0.3, -0.25) is 4.79 Å². The van der Waals surface area contributed by atoms with E-state index in [1.54, 1.807) is 0 Å². The Morgan fingerprint density at radius 2 is 1.43 bits per heavy atom. The summed E-state index contributed by atoms with van der Waals surface area (Å²) in [5.41, 5.74) is -0.954. The maximum Gasteiger partial charge on any atom is 0.272 e. The first-order valence-corrected chi connectivity index (χ1v) is 8.45. The lowest BCUT2D eigenvalue weighted by molar-refractivity contribution is -0.114. The molecule has 0 saturated heterocycles. The lowest BCUT2D eigenvalue weighted by Gasteiger charge is -2.09. The Balaban J connectivity index is 2.44. The van der Waals surface area contributed by atoms with Gasteiger partial charge in [-0.2, -0.15) is 0 Å². The predicted molar refractivity (Wildman–Crippen MR) is 100 cm³/mol. The highest BCUT2D eigenvalue weighted by molar-refractivity contribution is 6.04. The number of benzene rings is 2. The zero-order valence-electron chi connectivity index (χ0n) is 16.1. The van der Waals surface area contributed by atoms with Gasteiger partial charge in [-0.15, -0.1) is 0 Å². The molecule has 0 aromatic heterocycles. The van der Waals surface area contributed by atoms with Crippen LogP contribution in [0.3, 0.4) is 0 Å². The molecule has 0 bridgehead atoms. The van der Waals surface area contributed by atoms with Crippen molar-refractivity contribution in [2.45, 2.75) is 13.3 Å². The van der Waals surface area contributed by atoms with Crippen molar-refractivity contribution in [2.75, 3.05) is 14.2 Å². The van der Waals surface area contributed by atoms with Crippen molar-refractivity contribution in [1.29, 1.82) is 0 Å². The molecule has 0 aliphatic heterocycles. The van der Waals surface area contributed by atoms with E-state index in [0.29, 0.717) is 18.3 Å². The van der Waals surface area contributed by atoms with Crippen LogP contribution >= 0.6 is 0 Å². The molecule has 1 amide bonds. The van der Waals surface area contributed by atoms with Gasteiger partial charge in [0.25, 0.3) is 5.91 Å². The van der Waals surface area contributed by atoms with E-state index in [2.05, 4.69) is 14.5 Å². The maximum atomic E-state index is 14.4. The molecule has 2 aromatic rings. The number of aromatic hydroxyl groups is 2. The predicted octanol–water partition coefficient (Wildman–Crippen LogP) is 4.11. The molecule has 2 aromatic carbocycles. The highest BCUT2D eigenvalue weighted by Crippen LogP contribution is 2.35. The highest BCUT2D eigenvalue weighted by atomic mass is 19.1. The van der Waals surface area contributed by atoms with E-state index in [9.17, 15) is 32.6 Å². The van der Waals surface area contributed by atoms with Crippen LogP contribution in [0.1, 0.15) is 24.5 Å². The Morgan fingerprint density at radius 3 is 1.90 bits per heavy atom. The van der Waals surface area contributed by atoms with Gasteiger partial charge in [-0.1, -0.05) is 6.92 Å². The van der Waals surface area contributed by atoms with Crippen LogP contribution < -0.4 is 9.47 Å². The standard InChI is InChI=1S/C20H17F4NO5/c1-4-9(5-10-6-12(21)16(26)18(29-2)14(10)23)20(28)25-8-11-7-13(22)17(27)19(30-3)15(11)24/h5-8,26-27H,4H2,1-3H3/b9-5+,25-8?. The Labute approximate surface area is 168 Å². The van der Waals surface area contributed by atoms with Crippen molar-refractivity contribution >= 4 is 18.2 Å². The van der Waals surface area contributed by atoms with Gasteiger partial charge in [0.05, 0.1) is 14.2 Å². The molecule has 0 saturated carbocycles. The van der Waals surface area contributed by atoms with Crippen LogP contribution in [-0.2, 0) is 4.79 Å². The van der Waals surface area contributed by atoms with Gasteiger partial charge in [-0.25, -0.2) is 22.6 Å². The number of hydrogen-bond acceptors (Lipinski definition) is 5. The minimum atomic E-state index is -1.19. The molecule has 0 aliphatic rings. The van der Waals surface area contributed by atoms with E-state index in [1.165, 1.54) is 6.92 Å². The molecule has 160 valence electrons. The van der Waals surface area contributed by atoms with Gasteiger partial charge in [0.15, 0.2) is 46.3 Å². The second-order valence-corrected chi connectivity index (χ2v) is 5.87. The third-order valence-electron chi connectivity index (χ3n) is 4.07. The molecule has 30 heavy (non-hydrogen) atoms. The van der Waals surface area contributed by atoms with Crippen molar-refractivity contribution < 1.29 is 42.0 Å². The molecule has 2 N–H and O–H groups in total. The summed E-state index contributed by atoms with van der Waals surface area (Å²) in [7, 11) is 2.04. The largest absolute Gasteiger partial charge is 0.502 e. The normalized spacial score (nSPS) is 11.8. The second kappa shape index (κ2) is 9.29. The zero-order chi connectivity index (χ0) is 22.6. The van der Waals surface area contributed by atoms with E-state index in [0.717, 1.165) is 20.3 Å². The fraction of sp³-hybridized carbons (Fsp3) is 0.200. The van der Waals surface area contributed by atoms with Crippen molar-refractivity contribution in [3.63, 3.8) is 0 Å². The number of carbonyl (C=O) groups excluding carboxylic acids is 1. The monoisotopic (exact) mass is 427 g/mol. The number of nitrogens with zero attached hydrogens (tertiary/aromatic N) is 1. The molecule has 10 heteroatoms. The Bertz CT molecular complexity index is 1050. The topological polar surface area (TPSA) is 88.4 Å². The molecule has 0 aliphatic carbocycles. The van der Waals surface area contributed by atoms with Gasteiger partial charge in [0.1, 0.15) is 0 Å². The number of halogens is 4. The third kappa shape index (κ3) is 4.37. The van der Waals surface area contributed by atoms with E-state index < -0.39 is 57.7 Å². The molecule has 0 heterocycles. The maximum absolute atomic E-state index is 14.4. The van der Waals surface area contributed by atoms with Gasteiger partial charge in [-0.05, 0) is 24.6 Å². The summed E-state index contributed by atoms with van der Waals surface area (Å²) >= 11 is 0. The number of phenols is 2. The molecule has 0 atom stereocenters. The first-order chi connectivity index (χ1) is 14.2. The number of rotatable bonds is 6. The fourth-order valence-corrected chi connectivity index (χ4v) is 2.51. The quantitative estimate of drug-likeness (QED) is 0.412. The third-order valence-corrected chi connectivity index (χ3v) is 4.07. The fourth-order valence-electron chi connectivity index (χ4n) is 2.51. The Kier molecular flexibility index (Phi) is 7.04. The van der Waals surface area contributed by atoms with Crippen molar-refractivity contribution in [3.8, 4) is 23.0 Å². The van der Waals surface area contributed by atoms with Gasteiger partial charge < -0.3 is 19.7 Å². The first-order valence-electron chi connectivity index (χ1n) is 8.45. The van der Waals surface area contributed by atoms with E-state index in [-0.39, 0.29) is 17.6 Å². The number of amides is 1. The number of phenolic OH excluding ortho intramolecular Hbond substituents is 2.